The van der Waals surface area contributed by atoms with E-state index in [-0.39, 0.29) is 5.91 Å². The number of hydrogen-bond acceptors (Lipinski definition) is 5. The van der Waals surface area contributed by atoms with Gasteiger partial charge in [-0.2, -0.15) is 12.7 Å². The van der Waals surface area contributed by atoms with Crippen molar-refractivity contribution in [2.45, 2.75) is 37.7 Å². The molecule has 0 aliphatic carbocycles. The van der Waals surface area contributed by atoms with Crippen LogP contribution in [0, 0.1) is 0 Å². The van der Waals surface area contributed by atoms with Crippen molar-refractivity contribution in [2.24, 2.45) is 5.14 Å². The summed E-state index contributed by atoms with van der Waals surface area (Å²) in [6.45, 7) is 2.99. The van der Waals surface area contributed by atoms with Crippen molar-refractivity contribution in [3.8, 4) is 0 Å². The second kappa shape index (κ2) is 6.31. The highest BCUT2D eigenvalue weighted by molar-refractivity contribution is 7.86. The van der Waals surface area contributed by atoms with E-state index in [0.29, 0.717) is 32.5 Å². The van der Waals surface area contributed by atoms with E-state index >= 15 is 0 Å². The predicted octanol–water partition coefficient (Wildman–Crippen LogP) is 1.05. The Morgan fingerprint density at radius 2 is 1.88 bits per heavy atom. The average molecular weight is 386 g/mol. The number of rotatable bonds is 2. The predicted molar refractivity (Wildman–Crippen MR) is 94.7 cm³/mol. The molecule has 0 bridgehead atoms. The minimum Gasteiger partial charge on any atom is -0.370 e. The van der Waals surface area contributed by atoms with Crippen molar-refractivity contribution < 1.29 is 17.9 Å². The number of nitrogens with zero attached hydrogens (tertiary/aromatic N) is 2. The molecule has 1 spiro atoms. The molecule has 0 unspecified atom stereocenters. The van der Waals surface area contributed by atoms with Crippen LogP contribution in [-0.4, -0.2) is 56.3 Å². The summed E-state index contributed by atoms with van der Waals surface area (Å²) < 4.78 is 30.6. The number of amides is 1. The zero-order valence-electron chi connectivity index (χ0n) is 14.1. The number of likely N-dealkylation sites (tertiary alicyclic amines) is 1. The van der Waals surface area contributed by atoms with E-state index in [2.05, 4.69) is 0 Å². The minimum atomic E-state index is -3.66. The molecule has 4 rings (SSSR count). The van der Waals surface area contributed by atoms with Crippen molar-refractivity contribution in [1.29, 1.82) is 0 Å². The van der Waals surface area contributed by atoms with Gasteiger partial charge in [0.25, 0.3) is 16.1 Å². The second-order valence-corrected chi connectivity index (χ2v) is 9.67. The molecule has 25 heavy (non-hydrogen) atoms. The summed E-state index contributed by atoms with van der Waals surface area (Å²) in [5.74, 6) is 0.119. The number of carbonyl (C=O) groups excluding carboxylic acids is 1. The normalized spacial score (nSPS) is 23.8. The molecule has 3 aliphatic rings. The Balaban J connectivity index is 1.59. The molecular weight excluding hydrogens is 362 g/mol. The molecule has 0 aromatic carbocycles. The summed E-state index contributed by atoms with van der Waals surface area (Å²) in [7, 11) is -3.66. The Hall–Kier alpha value is -1.00. The highest BCUT2D eigenvalue weighted by Gasteiger charge is 2.44. The molecule has 3 aliphatic heterocycles. The summed E-state index contributed by atoms with van der Waals surface area (Å²) in [5, 5.41) is 5.25. The molecule has 0 radical (unpaired) electrons. The molecule has 4 heterocycles. The smallest absolute Gasteiger partial charge is 0.276 e. The first kappa shape index (κ1) is 17.4. The van der Waals surface area contributed by atoms with Crippen LogP contribution in [0.5, 0.6) is 0 Å². The van der Waals surface area contributed by atoms with E-state index in [1.165, 1.54) is 9.18 Å². The quantitative estimate of drug-likeness (QED) is 0.824. The maximum atomic E-state index is 12.7. The van der Waals surface area contributed by atoms with E-state index in [9.17, 15) is 13.2 Å². The van der Waals surface area contributed by atoms with Gasteiger partial charge in [-0.15, -0.1) is 11.3 Å². The van der Waals surface area contributed by atoms with Crippen molar-refractivity contribution >= 4 is 27.5 Å². The van der Waals surface area contributed by atoms with Gasteiger partial charge in [-0.05, 0) is 37.3 Å². The van der Waals surface area contributed by atoms with Crippen LogP contribution in [-0.2, 0) is 27.0 Å². The molecule has 2 saturated heterocycles. The van der Waals surface area contributed by atoms with Crippen LogP contribution >= 0.6 is 11.3 Å². The SMILES string of the molecule is NS(=O)(=O)N1CCC2(CC1)OCCc1sc(C(=O)N3CCCC3)cc12. The minimum absolute atomic E-state index is 0.119. The summed E-state index contributed by atoms with van der Waals surface area (Å²) in [5.41, 5.74) is 0.606. The van der Waals surface area contributed by atoms with Crippen molar-refractivity contribution in [2.75, 3.05) is 32.8 Å². The molecule has 2 N–H and O–H groups in total. The van der Waals surface area contributed by atoms with Crippen LogP contribution in [0.25, 0.3) is 0 Å². The van der Waals surface area contributed by atoms with E-state index in [0.717, 1.165) is 42.8 Å². The van der Waals surface area contributed by atoms with Gasteiger partial charge in [0.15, 0.2) is 0 Å². The van der Waals surface area contributed by atoms with E-state index in [1.807, 2.05) is 11.0 Å². The average Bonchev–Trinajstić information content (AvgIpc) is 3.24. The van der Waals surface area contributed by atoms with Crippen LogP contribution < -0.4 is 5.14 Å². The Labute approximate surface area is 151 Å². The number of nitrogens with two attached hydrogens (primary N) is 1. The van der Waals surface area contributed by atoms with Crippen molar-refractivity contribution in [3.05, 3.63) is 21.4 Å². The molecule has 0 atom stereocenters. The maximum absolute atomic E-state index is 12.7. The first-order valence-electron chi connectivity index (χ1n) is 8.73. The van der Waals surface area contributed by atoms with Crippen LogP contribution in [0.15, 0.2) is 6.07 Å². The molecule has 1 amide bonds. The lowest BCUT2D eigenvalue weighted by Crippen LogP contribution is -2.49. The molecule has 9 heteroatoms. The highest BCUT2D eigenvalue weighted by Crippen LogP contribution is 2.45. The number of ether oxygens (including phenoxy) is 1. The number of carbonyl (C=O) groups is 1. The van der Waals surface area contributed by atoms with Gasteiger partial charge in [0, 0.05) is 37.5 Å². The van der Waals surface area contributed by atoms with Gasteiger partial charge in [0.05, 0.1) is 17.1 Å². The standard InChI is InChI=1S/C16H23N3O4S2/c17-25(21,22)19-8-4-16(5-9-19)12-11-14(24-13(12)3-10-23-16)15(20)18-6-1-2-7-18/h11H,1-10H2,(H2,17,21,22). The molecular formula is C16H23N3O4S2. The van der Waals surface area contributed by atoms with Gasteiger partial charge in [0.1, 0.15) is 0 Å². The van der Waals surface area contributed by atoms with Crippen LogP contribution in [0.3, 0.4) is 0 Å². The van der Waals surface area contributed by atoms with Gasteiger partial charge in [-0.3, -0.25) is 4.79 Å². The molecule has 2 fully saturated rings. The molecule has 7 nitrogen and oxygen atoms in total. The summed E-state index contributed by atoms with van der Waals surface area (Å²) >= 11 is 1.58. The van der Waals surface area contributed by atoms with E-state index in [4.69, 9.17) is 9.88 Å². The number of fused-ring (bicyclic) bond motifs is 2. The molecule has 1 aromatic rings. The second-order valence-electron chi connectivity index (χ2n) is 6.98. The van der Waals surface area contributed by atoms with Crippen LogP contribution in [0.1, 0.15) is 45.8 Å². The zero-order valence-corrected chi connectivity index (χ0v) is 15.7. The molecule has 1 aromatic heterocycles. The van der Waals surface area contributed by atoms with Gasteiger partial charge in [-0.25, -0.2) is 5.14 Å². The summed E-state index contributed by atoms with van der Waals surface area (Å²) in [6.07, 6.45) is 4.11. The summed E-state index contributed by atoms with van der Waals surface area (Å²) in [4.78, 5) is 16.6. The number of hydrogen-bond donors (Lipinski definition) is 1. The van der Waals surface area contributed by atoms with Crippen LogP contribution in [0.2, 0.25) is 0 Å². The van der Waals surface area contributed by atoms with Crippen molar-refractivity contribution in [3.63, 3.8) is 0 Å². The highest BCUT2D eigenvalue weighted by atomic mass is 32.2. The third-order valence-electron chi connectivity index (χ3n) is 5.50. The first-order chi connectivity index (χ1) is 11.9. The Morgan fingerprint density at radius 3 is 2.52 bits per heavy atom. The number of thiophene rings is 1. The Bertz CT molecular complexity index is 775. The summed E-state index contributed by atoms with van der Waals surface area (Å²) in [6, 6.07) is 1.99. The topological polar surface area (TPSA) is 92.9 Å². The lowest BCUT2D eigenvalue weighted by atomic mass is 9.83. The fourth-order valence-corrected chi connectivity index (χ4v) is 6.00. The lowest BCUT2D eigenvalue weighted by Gasteiger charge is -2.43. The van der Waals surface area contributed by atoms with Gasteiger partial charge in [-0.1, -0.05) is 0 Å². The number of piperidine rings is 1. The zero-order chi connectivity index (χ0) is 17.7. The third-order valence-corrected chi connectivity index (χ3v) is 7.77. The van der Waals surface area contributed by atoms with E-state index in [1.54, 1.807) is 11.3 Å². The van der Waals surface area contributed by atoms with Gasteiger partial charge in [0.2, 0.25) is 0 Å². The lowest BCUT2D eigenvalue weighted by molar-refractivity contribution is -0.0882. The Kier molecular flexibility index (Phi) is 4.40. The van der Waals surface area contributed by atoms with E-state index < -0.39 is 15.8 Å². The molecule has 0 saturated carbocycles. The third kappa shape index (κ3) is 3.12. The van der Waals surface area contributed by atoms with Gasteiger partial charge >= 0.3 is 0 Å². The monoisotopic (exact) mass is 385 g/mol. The fraction of sp³-hybridized carbons (Fsp3) is 0.688. The largest absolute Gasteiger partial charge is 0.370 e. The maximum Gasteiger partial charge on any atom is 0.276 e. The Morgan fingerprint density at radius 1 is 1.20 bits per heavy atom. The molecule has 138 valence electrons. The van der Waals surface area contributed by atoms with Crippen molar-refractivity contribution in [1.82, 2.24) is 9.21 Å². The fourth-order valence-electron chi connectivity index (χ4n) is 4.11. The van der Waals surface area contributed by atoms with Crippen LogP contribution in [0.4, 0.5) is 0 Å². The first-order valence-corrected chi connectivity index (χ1v) is 11.1. The van der Waals surface area contributed by atoms with Gasteiger partial charge < -0.3 is 9.64 Å².